The van der Waals surface area contributed by atoms with E-state index in [9.17, 15) is 9.59 Å². The largest absolute Gasteiger partial charge is 0.491 e. The van der Waals surface area contributed by atoms with E-state index in [0.717, 1.165) is 4.88 Å². The van der Waals surface area contributed by atoms with Crippen LogP contribution in [0.4, 0.5) is 5.69 Å². The van der Waals surface area contributed by atoms with Crippen molar-refractivity contribution in [2.45, 2.75) is 13.0 Å². The molecule has 1 aliphatic heterocycles. The van der Waals surface area contributed by atoms with Crippen molar-refractivity contribution in [3.05, 3.63) is 46.7 Å². The lowest BCUT2D eigenvalue weighted by atomic mass is 10.2. The van der Waals surface area contributed by atoms with Crippen LogP contribution >= 0.6 is 11.3 Å². The molecule has 0 saturated heterocycles. The van der Waals surface area contributed by atoms with Crippen LogP contribution in [-0.4, -0.2) is 36.9 Å². The molecule has 0 N–H and O–H groups in total. The van der Waals surface area contributed by atoms with Gasteiger partial charge >= 0.3 is 0 Å². The summed E-state index contributed by atoms with van der Waals surface area (Å²) in [5, 5.41) is 1.99. The van der Waals surface area contributed by atoms with E-state index in [-0.39, 0.29) is 24.8 Å². The number of carbonyl (C=O) groups is 2. The first-order chi connectivity index (χ1) is 11.1. The van der Waals surface area contributed by atoms with Crippen molar-refractivity contribution >= 4 is 28.8 Å². The molecule has 2 aromatic rings. The number of benzene rings is 1. The highest BCUT2D eigenvalue weighted by Gasteiger charge is 2.26. The lowest BCUT2D eigenvalue weighted by molar-refractivity contribution is -0.130. The number of para-hydroxylation sites is 2. The molecule has 1 aliphatic rings. The van der Waals surface area contributed by atoms with Gasteiger partial charge in [0, 0.05) is 11.9 Å². The smallest absolute Gasteiger partial charge is 0.242 e. The fourth-order valence-corrected chi connectivity index (χ4v) is 3.23. The second-order valence-electron chi connectivity index (χ2n) is 5.38. The summed E-state index contributed by atoms with van der Waals surface area (Å²) in [5.41, 5.74) is 0.660. The van der Waals surface area contributed by atoms with Gasteiger partial charge in [0.15, 0.2) is 0 Å². The molecule has 0 fully saturated rings. The number of amides is 2. The molecule has 2 heterocycles. The minimum atomic E-state index is -0.0940. The molecular weight excluding hydrogens is 312 g/mol. The molecular formula is C17H18N2O3S. The van der Waals surface area contributed by atoms with Crippen molar-refractivity contribution in [1.82, 2.24) is 4.90 Å². The third kappa shape index (κ3) is 3.53. The molecule has 1 aromatic heterocycles. The quantitative estimate of drug-likeness (QED) is 0.865. The number of nitrogens with zero attached hydrogens (tertiary/aromatic N) is 2. The molecule has 23 heavy (non-hydrogen) atoms. The average molecular weight is 330 g/mol. The van der Waals surface area contributed by atoms with E-state index < -0.39 is 0 Å². The van der Waals surface area contributed by atoms with Crippen LogP contribution < -0.4 is 9.64 Å². The number of ether oxygens (including phenoxy) is 1. The Morgan fingerprint density at radius 2 is 2.13 bits per heavy atom. The maximum Gasteiger partial charge on any atom is 0.242 e. The fourth-order valence-electron chi connectivity index (χ4n) is 2.47. The number of anilines is 1. The lowest BCUT2D eigenvalue weighted by Crippen LogP contribution is -2.41. The first-order valence-corrected chi connectivity index (χ1v) is 8.31. The van der Waals surface area contributed by atoms with Crippen molar-refractivity contribution in [3.8, 4) is 5.75 Å². The number of fused-ring (bicyclic) bond motifs is 1. The van der Waals surface area contributed by atoms with Crippen LogP contribution in [0.1, 0.15) is 11.3 Å². The molecule has 0 unspecified atom stereocenters. The Hall–Kier alpha value is -2.34. The minimum Gasteiger partial charge on any atom is -0.491 e. The number of carbonyl (C=O) groups excluding carboxylic acids is 2. The van der Waals surface area contributed by atoms with Crippen LogP contribution in [0.15, 0.2) is 41.8 Å². The van der Waals surface area contributed by atoms with E-state index in [1.807, 2.05) is 41.8 Å². The maximum absolute atomic E-state index is 12.5. The van der Waals surface area contributed by atoms with E-state index in [0.29, 0.717) is 24.6 Å². The number of thiophene rings is 1. The van der Waals surface area contributed by atoms with Crippen molar-refractivity contribution in [2.75, 3.05) is 25.1 Å². The Balaban J connectivity index is 1.75. The van der Waals surface area contributed by atoms with Crippen molar-refractivity contribution < 1.29 is 14.3 Å². The molecule has 0 saturated carbocycles. The fraction of sp³-hybridized carbons (Fsp3) is 0.294. The number of likely N-dealkylation sites (N-methyl/N-ethyl adjacent to an activating group) is 1. The molecule has 5 nitrogen and oxygen atoms in total. The Labute approximate surface area is 139 Å². The van der Waals surface area contributed by atoms with Gasteiger partial charge in [0.05, 0.1) is 25.3 Å². The van der Waals surface area contributed by atoms with Crippen molar-refractivity contribution in [1.29, 1.82) is 0 Å². The highest BCUT2D eigenvalue weighted by Crippen LogP contribution is 2.30. The zero-order valence-electron chi connectivity index (χ0n) is 12.9. The minimum absolute atomic E-state index is 0.0289. The molecule has 3 rings (SSSR count). The summed E-state index contributed by atoms with van der Waals surface area (Å²) >= 11 is 1.61. The van der Waals surface area contributed by atoms with E-state index in [4.69, 9.17) is 4.74 Å². The van der Waals surface area contributed by atoms with Crippen LogP contribution in [0, 0.1) is 0 Å². The van der Waals surface area contributed by atoms with Gasteiger partial charge in [-0.05, 0) is 23.6 Å². The summed E-state index contributed by atoms with van der Waals surface area (Å²) in [6.07, 6.45) is 0.274. The van der Waals surface area contributed by atoms with E-state index in [1.54, 1.807) is 23.3 Å². The predicted octanol–water partition coefficient (Wildman–Crippen LogP) is 2.52. The van der Waals surface area contributed by atoms with Crippen LogP contribution in [-0.2, 0) is 16.1 Å². The molecule has 6 heteroatoms. The summed E-state index contributed by atoms with van der Waals surface area (Å²) in [6.45, 7) is 0.920. The molecule has 0 bridgehead atoms. The molecule has 120 valence electrons. The zero-order valence-corrected chi connectivity index (χ0v) is 13.7. The monoisotopic (exact) mass is 330 g/mol. The van der Waals surface area contributed by atoms with Gasteiger partial charge in [0.25, 0.3) is 0 Å². The number of hydrogen-bond acceptors (Lipinski definition) is 4. The summed E-state index contributed by atoms with van der Waals surface area (Å²) < 4.78 is 5.59. The van der Waals surface area contributed by atoms with Gasteiger partial charge < -0.3 is 9.64 Å². The average Bonchev–Trinajstić information content (AvgIpc) is 3.00. The summed E-state index contributed by atoms with van der Waals surface area (Å²) in [4.78, 5) is 29.1. The lowest BCUT2D eigenvalue weighted by Gasteiger charge is -2.24. The maximum atomic E-state index is 12.5. The highest BCUT2D eigenvalue weighted by atomic mass is 32.1. The van der Waals surface area contributed by atoms with Gasteiger partial charge in [0.1, 0.15) is 12.3 Å². The van der Waals surface area contributed by atoms with Crippen molar-refractivity contribution in [2.24, 2.45) is 0 Å². The molecule has 2 amide bonds. The van der Waals surface area contributed by atoms with E-state index in [2.05, 4.69) is 0 Å². The first-order valence-electron chi connectivity index (χ1n) is 7.43. The molecule has 0 atom stereocenters. The van der Waals surface area contributed by atoms with Gasteiger partial charge in [-0.15, -0.1) is 11.3 Å². The highest BCUT2D eigenvalue weighted by molar-refractivity contribution is 7.09. The van der Waals surface area contributed by atoms with Crippen molar-refractivity contribution in [3.63, 3.8) is 0 Å². The molecule has 0 aliphatic carbocycles. The van der Waals surface area contributed by atoms with Gasteiger partial charge in [-0.3, -0.25) is 14.5 Å². The molecule has 1 aromatic carbocycles. The molecule has 0 radical (unpaired) electrons. The Morgan fingerprint density at radius 3 is 2.91 bits per heavy atom. The zero-order chi connectivity index (χ0) is 16.2. The van der Waals surface area contributed by atoms with Crippen LogP contribution in [0.3, 0.4) is 0 Å². The Kier molecular flexibility index (Phi) is 4.62. The van der Waals surface area contributed by atoms with Gasteiger partial charge in [-0.25, -0.2) is 0 Å². The Morgan fingerprint density at radius 1 is 1.30 bits per heavy atom. The summed E-state index contributed by atoms with van der Waals surface area (Å²) in [7, 11) is 1.76. The SMILES string of the molecule is CN(Cc1cccs1)C(=O)CN1C(=O)CCOc2ccccc21. The number of rotatable bonds is 4. The second kappa shape index (κ2) is 6.83. The number of hydrogen-bond donors (Lipinski definition) is 0. The van der Waals surface area contributed by atoms with Gasteiger partial charge in [-0.2, -0.15) is 0 Å². The summed E-state index contributed by atoms with van der Waals surface area (Å²) in [6, 6.07) is 11.3. The third-order valence-corrected chi connectivity index (χ3v) is 4.58. The predicted molar refractivity (Wildman–Crippen MR) is 89.7 cm³/mol. The first kappa shape index (κ1) is 15.6. The second-order valence-corrected chi connectivity index (χ2v) is 6.41. The van der Waals surface area contributed by atoms with Gasteiger partial charge in [0.2, 0.25) is 11.8 Å². The summed E-state index contributed by atoms with van der Waals surface area (Å²) in [5.74, 6) is 0.461. The van der Waals surface area contributed by atoms with E-state index >= 15 is 0 Å². The molecule has 0 spiro atoms. The third-order valence-electron chi connectivity index (χ3n) is 3.72. The Bertz CT molecular complexity index is 700. The normalized spacial score (nSPS) is 14.0. The van der Waals surface area contributed by atoms with Crippen LogP contribution in [0.2, 0.25) is 0 Å². The van der Waals surface area contributed by atoms with E-state index in [1.165, 1.54) is 4.90 Å². The van der Waals surface area contributed by atoms with Gasteiger partial charge in [-0.1, -0.05) is 18.2 Å². The van der Waals surface area contributed by atoms with Crippen LogP contribution in [0.5, 0.6) is 5.75 Å². The topological polar surface area (TPSA) is 49.9 Å². The standard InChI is InChI=1S/C17H18N2O3S/c1-18(11-13-5-4-10-23-13)17(21)12-19-14-6-2-3-7-15(14)22-9-8-16(19)20/h2-7,10H,8-9,11-12H2,1H3. The van der Waals surface area contributed by atoms with Crippen LogP contribution in [0.25, 0.3) is 0 Å².